The van der Waals surface area contributed by atoms with Crippen LogP contribution in [0.4, 0.5) is 0 Å². The SMILES string of the molecule is CCN(CC)CCOC(=O)C(=O)O. The lowest BCUT2D eigenvalue weighted by atomic mass is 10.5. The Morgan fingerprint density at radius 1 is 1.31 bits per heavy atom. The van der Waals surface area contributed by atoms with Crippen LogP contribution in [0.3, 0.4) is 0 Å². The zero-order valence-corrected chi connectivity index (χ0v) is 7.95. The largest absolute Gasteiger partial charge is 0.473 e. The Kier molecular flexibility index (Phi) is 5.88. The van der Waals surface area contributed by atoms with E-state index in [0.717, 1.165) is 13.1 Å². The molecule has 0 saturated carbocycles. The number of esters is 1. The Morgan fingerprint density at radius 3 is 2.23 bits per heavy atom. The summed E-state index contributed by atoms with van der Waals surface area (Å²) in [6.45, 7) is 6.41. The van der Waals surface area contributed by atoms with Gasteiger partial charge in [0, 0.05) is 6.54 Å². The molecule has 5 heteroatoms. The number of nitrogens with zero attached hydrogens (tertiary/aromatic N) is 1. The van der Waals surface area contributed by atoms with Crippen molar-refractivity contribution in [2.45, 2.75) is 13.8 Å². The van der Waals surface area contributed by atoms with Crippen LogP contribution >= 0.6 is 0 Å². The third-order valence-electron chi connectivity index (χ3n) is 1.71. The van der Waals surface area contributed by atoms with E-state index >= 15 is 0 Å². The average Bonchev–Trinajstić information content (AvgIpc) is 2.12. The van der Waals surface area contributed by atoms with Crippen molar-refractivity contribution in [3.8, 4) is 0 Å². The van der Waals surface area contributed by atoms with Crippen LogP contribution in [0.25, 0.3) is 0 Å². The number of carboxylic acids is 1. The van der Waals surface area contributed by atoms with Crippen LogP contribution in [0.2, 0.25) is 0 Å². The molecule has 0 aromatic rings. The molecule has 0 aromatic heterocycles. The van der Waals surface area contributed by atoms with Gasteiger partial charge in [0.2, 0.25) is 0 Å². The number of hydrogen-bond donors (Lipinski definition) is 1. The second-order valence-corrected chi connectivity index (χ2v) is 2.47. The number of rotatable bonds is 5. The highest BCUT2D eigenvalue weighted by Gasteiger charge is 2.12. The van der Waals surface area contributed by atoms with Gasteiger partial charge in [-0.05, 0) is 13.1 Å². The summed E-state index contributed by atoms with van der Waals surface area (Å²) in [5, 5.41) is 8.17. The Hall–Kier alpha value is -1.10. The molecule has 0 atom stereocenters. The van der Waals surface area contributed by atoms with Gasteiger partial charge in [0.05, 0.1) is 0 Å². The Balaban J connectivity index is 3.54. The third-order valence-corrected chi connectivity index (χ3v) is 1.71. The molecule has 0 heterocycles. The van der Waals surface area contributed by atoms with Gasteiger partial charge in [0.25, 0.3) is 0 Å². The third kappa shape index (κ3) is 5.19. The van der Waals surface area contributed by atoms with E-state index in [4.69, 9.17) is 5.11 Å². The Bertz CT molecular complexity index is 177. The van der Waals surface area contributed by atoms with Crippen molar-refractivity contribution >= 4 is 11.9 Å². The molecule has 0 saturated heterocycles. The quantitative estimate of drug-likeness (QED) is 0.485. The Labute approximate surface area is 77.3 Å². The van der Waals surface area contributed by atoms with E-state index in [9.17, 15) is 9.59 Å². The molecule has 0 aliphatic rings. The maximum absolute atomic E-state index is 10.5. The molecule has 0 spiro atoms. The summed E-state index contributed by atoms with van der Waals surface area (Å²) in [5.74, 6) is -2.73. The molecule has 5 nitrogen and oxygen atoms in total. The molecule has 0 amide bonds. The maximum atomic E-state index is 10.5. The number of aliphatic carboxylic acids is 1. The molecule has 13 heavy (non-hydrogen) atoms. The van der Waals surface area contributed by atoms with E-state index in [-0.39, 0.29) is 6.61 Å². The van der Waals surface area contributed by atoms with Gasteiger partial charge < -0.3 is 14.7 Å². The molecular formula is C8H15NO4. The highest BCUT2D eigenvalue weighted by Crippen LogP contribution is 1.87. The van der Waals surface area contributed by atoms with Crippen LogP contribution in [0, 0.1) is 0 Å². The van der Waals surface area contributed by atoms with E-state index in [1.54, 1.807) is 0 Å². The number of carbonyl (C=O) groups is 2. The zero-order valence-electron chi connectivity index (χ0n) is 7.95. The fourth-order valence-corrected chi connectivity index (χ4v) is 0.869. The Morgan fingerprint density at radius 2 is 1.85 bits per heavy atom. The number of carbonyl (C=O) groups excluding carboxylic acids is 1. The smallest absolute Gasteiger partial charge is 0.417 e. The van der Waals surface area contributed by atoms with Gasteiger partial charge in [-0.2, -0.15) is 0 Å². The molecule has 0 aliphatic heterocycles. The predicted octanol–water partition coefficient (Wildman–Crippen LogP) is -0.0440. The first-order valence-electron chi connectivity index (χ1n) is 4.24. The lowest BCUT2D eigenvalue weighted by Gasteiger charge is -2.16. The minimum atomic E-state index is -1.54. The first-order chi connectivity index (χ1) is 6.11. The summed E-state index contributed by atoms with van der Waals surface area (Å²) in [4.78, 5) is 22.5. The van der Waals surface area contributed by atoms with Crippen LogP contribution in [0.5, 0.6) is 0 Å². The van der Waals surface area contributed by atoms with Crippen molar-refractivity contribution in [3.63, 3.8) is 0 Å². The average molecular weight is 189 g/mol. The number of ether oxygens (including phenoxy) is 1. The van der Waals surface area contributed by atoms with E-state index in [1.165, 1.54) is 0 Å². The summed E-state index contributed by atoms with van der Waals surface area (Å²) in [7, 11) is 0. The van der Waals surface area contributed by atoms with Crippen LogP contribution in [0.15, 0.2) is 0 Å². The van der Waals surface area contributed by atoms with Gasteiger partial charge >= 0.3 is 11.9 Å². The highest BCUT2D eigenvalue weighted by atomic mass is 16.6. The van der Waals surface area contributed by atoms with Crippen molar-refractivity contribution in [2.75, 3.05) is 26.2 Å². The lowest BCUT2D eigenvalue weighted by molar-refractivity contribution is -0.164. The summed E-state index contributed by atoms with van der Waals surface area (Å²) in [6.07, 6.45) is 0. The fourth-order valence-electron chi connectivity index (χ4n) is 0.869. The molecule has 0 aliphatic carbocycles. The molecule has 0 rings (SSSR count). The number of likely N-dealkylation sites (N-methyl/N-ethyl adjacent to an activating group) is 1. The van der Waals surface area contributed by atoms with Crippen molar-refractivity contribution in [3.05, 3.63) is 0 Å². The van der Waals surface area contributed by atoms with E-state index in [1.807, 2.05) is 18.7 Å². The fraction of sp³-hybridized carbons (Fsp3) is 0.750. The van der Waals surface area contributed by atoms with Gasteiger partial charge in [-0.1, -0.05) is 13.8 Å². The first-order valence-corrected chi connectivity index (χ1v) is 4.24. The first kappa shape index (κ1) is 11.9. The monoisotopic (exact) mass is 189 g/mol. The summed E-state index contributed by atoms with van der Waals surface area (Å²) < 4.78 is 4.46. The standard InChI is InChI=1S/C8H15NO4/c1-3-9(4-2)5-6-13-8(12)7(10)11/h3-6H2,1-2H3,(H,10,11). The van der Waals surface area contributed by atoms with Gasteiger partial charge in [0.15, 0.2) is 0 Å². The second-order valence-electron chi connectivity index (χ2n) is 2.47. The van der Waals surface area contributed by atoms with Crippen molar-refractivity contribution in [1.82, 2.24) is 4.90 Å². The van der Waals surface area contributed by atoms with Crippen LogP contribution in [-0.2, 0) is 14.3 Å². The molecule has 1 N–H and O–H groups in total. The summed E-state index contributed by atoms with van der Waals surface area (Å²) in [6, 6.07) is 0. The van der Waals surface area contributed by atoms with Crippen molar-refractivity contribution < 1.29 is 19.4 Å². The summed E-state index contributed by atoms with van der Waals surface area (Å²) in [5.41, 5.74) is 0. The van der Waals surface area contributed by atoms with E-state index in [0.29, 0.717) is 6.54 Å². The topological polar surface area (TPSA) is 66.8 Å². The molecule has 0 unspecified atom stereocenters. The molecular weight excluding hydrogens is 174 g/mol. The number of hydrogen-bond acceptors (Lipinski definition) is 4. The van der Waals surface area contributed by atoms with Gasteiger partial charge in [-0.3, -0.25) is 0 Å². The zero-order chi connectivity index (χ0) is 10.3. The minimum absolute atomic E-state index is 0.132. The number of carboxylic acid groups (broad SMARTS) is 1. The lowest BCUT2D eigenvalue weighted by Crippen LogP contribution is -2.29. The molecule has 0 radical (unpaired) electrons. The van der Waals surface area contributed by atoms with Gasteiger partial charge in [0.1, 0.15) is 6.61 Å². The van der Waals surface area contributed by atoms with E-state index in [2.05, 4.69) is 4.74 Å². The molecule has 0 fully saturated rings. The van der Waals surface area contributed by atoms with Crippen molar-refractivity contribution in [2.24, 2.45) is 0 Å². The maximum Gasteiger partial charge on any atom is 0.417 e. The van der Waals surface area contributed by atoms with E-state index < -0.39 is 11.9 Å². The minimum Gasteiger partial charge on any atom is -0.473 e. The van der Waals surface area contributed by atoms with Crippen LogP contribution in [0.1, 0.15) is 13.8 Å². The van der Waals surface area contributed by atoms with Gasteiger partial charge in [-0.15, -0.1) is 0 Å². The van der Waals surface area contributed by atoms with Gasteiger partial charge in [-0.25, -0.2) is 9.59 Å². The second kappa shape index (κ2) is 6.42. The predicted molar refractivity (Wildman–Crippen MR) is 46.4 cm³/mol. The molecule has 0 aromatic carbocycles. The molecule has 0 bridgehead atoms. The summed E-state index contributed by atoms with van der Waals surface area (Å²) >= 11 is 0. The van der Waals surface area contributed by atoms with Crippen molar-refractivity contribution in [1.29, 1.82) is 0 Å². The van der Waals surface area contributed by atoms with Crippen LogP contribution in [-0.4, -0.2) is 48.2 Å². The normalized spacial score (nSPS) is 10.1. The molecule has 76 valence electrons. The highest BCUT2D eigenvalue weighted by molar-refractivity contribution is 6.28. The van der Waals surface area contributed by atoms with Crippen LogP contribution < -0.4 is 0 Å².